The number of nitrogens with one attached hydrogen (secondary N) is 1. The summed E-state index contributed by atoms with van der Waals surface area (Å²) in [6.07, 6.45) is 3.70. The number of hydrogen-bond donors (Lipinski definition) is 1. The van der Waals surface area contributed by atoms with E-state index in [-0.39, 0.29) is 0 Å². The van der Waals surface area contributed by atoms with E-state index < -0.39 is 0 Å². The number of hydrogen-bond acceptors (Lipinski definition) is 1. The molecule has 0 fully saturated rings. The Morgan fingerprint density at radius 3 is 2.25 bits per heavy atom. The molecule has 0 aromatic heterocycles. The van der Waals surface area contributed by atoms with Crippen LogP contribution >= 0.6 is 0 Å². The minimum Gasteiger partial charge on any atom is -0.305 e. The van der Waals surface area contributed by atoms with Crippen LogP contribution < -0.4 is 0 Å². The highest BCUT2D eigenvalue weighted by molar-refractivity contribution is 5.97. The lowest BCUT2D eigenvalue weighted by Gasteiger charge is -1.90. The van der Waals surface area contributed by atoms with Crippen LogP contribution in [0.15, 0.2) is 24.3 Å². The molecule has 0 saturated heterocycles. The maximum Gasteiger partial charge on any atom is 0.0349 e. The molecule has 0 unspecified atom stereocenters. The molecule has 1 nitrogen and oxygen atoms in total. The molecule has 1 heteroatoms. The number of allylic oxidation sites excluding steroid dienone is 3. The predicted octanol–water partition coefficient (Wildman–Crippen LogP) is 2.16. The Bertz CT molecular complexity index is 131. The van der Waals surface area contributed by atoms with Gasteiger partial charge < -0.3 is 5.41 Å². The van der Waals surface area contributed by atoms with Gasteiger partial charge in [0.25, 0.3) is 0 Å². The monoisotopic (exact) mass is 109 g/mol. The van der Waals surface area contributed by atoms with Crippen molar-refractivity contribution in [3.63, 3.8) is 0 Å². The van der Waals surface area contributed by atoms with Gasteiger partial charge in [-0.05, 0) is 19.4 Å². The van der Waals surface area contributed by atoms with Gasteiger partial charge in [-0.3, -0.25) is 0 Å². The summed E-state index contributed by atoms with van der Waals surface area (Å²) in [5, 5.41) is 7.05. The van der Waals surface area contributed by atoms with E-state index in [9.17, 15) is 0 Å². The molecule has 0 spiro atoms. The third kappa shape index (κ3) is 2.35. The molecule has 0 aliphatic carbocycles. The van der Waals surface area contributed by atoms with Gasteiger partial charge in [-0.15, -0.1) is 0 Å². The summed E-state index contributed by atoms with van der Waals surface area (Å²) in [4.78, 5) is 0. The zero-order valence-electron chi connectivity index (χ0n) is 5.36. The van der Waals surface area contributed by atoms with Crippen molar-refractivity contribution in [2.45, 2.75) is 13.8 Å². The molecular formula is C7H11N. The van der Waals surface area contributed by atoms with Crippen molar-refractivity contribution in [1.82, 2.24) is 0 Å². The Labute approximate surface area is 50.2 Å². The molecule has 0 amide bonds. The fourth-order valence-electron chi connectivity index (χ4n) is 0.326. The van der Waals surface area contributed by atoms with E-state index in [0.29, 0.717) is 5.71 Å². The van der Waals surface area contributed by atoms with Crippen LogP contribution in [0, 0.1) is 5.41 Å². The molecule has 0 saturated carbocycles. The maximum atomic E-state index is 7.05. The van der Waals surface area contributed by atoms with E-state index in [1.165, 1.54) is 0 Å². The van der Waals surface area contributed by atoms with Crippen LogP contribution in [0.2, 0.25) is 0 Å². The summed E-state index contributed by atoms with van der Waals surface area (Å²) in [6, 6.07) is 0. The van der Waals surface area contributed by atoms with E-state index >= 15 is 0 Å². The van der Waals surface area contributed by atoms with Crippen LogP contribution in [-0.4, -0.2) is 5.71 Å². The van der Waals surface area contributed by atoms with Crippen molar-refractivity contribution in [3.05, 3.63) is 24.3 Å². The Morgan fingerprint density at radius 2 is 2.12 bits per heavy atom. The molecule has 0 aliphatic rings. The summed E-state index contributed by atoms with van der Waals surface area (Å²) >= 11 is 0. The highest BCUT2D eigenvalue weighted by Crippen LogP contribution is 1.92. The van der Waals surface area contributed by atoms with Crippen molar-refractivity contribution in [1.29, 1.82) is 5.41 Å². The lowest BCUT2D eigenvalue weighted by molar-refractivity contribution is 1.47. The summed E-state index contributed by atoms with van der Waals surface area (Å²) in [5.41, 5.74) is 1.32. The highest BCUT2D eigenvalue weighted by Gasteiger charge is 1.85. The second-order valence-electron chi connectivity index (χ2n) is 1.65. The van der Waals surface area contributed by atoms with E-state index in [1.54, 1.807) is 6.92 Å². The molecule has 8 heavy (non-hydrogen) atoms. The van der Waals surface area contributed by atoms with Crippen LogP contribution in [0.3, 0.4) is 0 Å². The first-order valence-electron chi connectivity index (χ1n) is 2.55. The molecule has 0 bridgehead atoms. The second kappa shape index (κ2) is 3.19. The third-order valence-corrected chi connectivity index (χ3v) is 0.850. The topological polar surface area (TPSA) is 23.9 Å². The Hall–Kier alpha value is -0.850. The van der Waals surface area contributed by atoms with E-state index in [4.69, 9.17) is 5.41 Å². The van der Waals surface area contributed by atoms with Crippen LogP contribution in [0.25, 0.3) is 0 Å². The first-order valence-corrected chi connectivity index (χ1v) is 2.55. The van der Waals surface area contributed by atoms with Gasteiger partial charge in [-0.1, -0.05) is 18.7 Å². The van der Waals surface area contributed by atoms with Gasteiger partial charge in [0.1, 0.15) is 0 Å². The minimum absolute atomic E-state index is 0.531. The van der Waals surface area contributed by atoms with Crippen LogP contribution in [0.4, 0.5) is 0 Å². The van der Waals surface area contributed by atoms with E-state index in [2.05, 4.69) is 6.58 Å². The van der Waals surface area contributed by atoms with Gasteiger partial charge in [0.2, 0.25) is 0 Å². The molecule has 1 N–H and O–H groups in total. The molecule has 44 valence electrons. The number of rotatable bonds is 2. The maximum absolute atomic E-state index is 7.05. The normalized spacial score (nSPS) is 9.75. The van der Waals surface area contributed by atoms with Crippen molar-refractivity contribution in [3.8, 4) is 0 Å². The molecule has 0 aromatic rings. The quantitative estimate of drug-likeness (QED) is 0.415. The summed E-state index contributed by atoms with van der Waals surface area (Å²) in [5.74, 6) is 0. The molecule has 0 radical (unpaired) electrons. The first-order chi connectivity index (χ1) is 3.68. The van der Waals surface area contributed by atoms with Gasteiger partial charge in [0.05, 0.1) is 0 Å². The van der Waals surface area contributed by atoms with Gasteiger partial charge in [-0.25, -0.2) is 0 Å². The van der Waals surface area contributed by atoms with Crippen molar-refractivity contribution >= 4 is 5.71 Å². The van der Waals surface area contributed by atoms with Crippen molar-refractivity contribution in [2.24, 2.45) is 0 Å². The molecule has 0 atom stereocenters. The second-order valence-corrected chi connectivity index (χ2v) is 1.65. The van der Waals surface area contributed by atoms with Gasteiger partial charge >= 0.3 is 0 Å². The lowest BCUT2D eigenvalue weighted by Crippen LogP contribution is -1.87. The fraction of sp³-hybridized carbons (Fsp3) is 0.286. The predicted molar refractivity (Wildman–Crippen MR) is 37.4 cm³/mol. The lowest BCUT2D eigenvalue weighted by atomic mass is 10.2. The third-order valence-electron chi connectivity index (χ3n) is 0.850. The fourth-order valence-corrected chi connectivity index (χ4v) is 0.326. The van der Waals surface area contributed by atoms with Crippen LogP contribution in [0.5, 0.6) is 0 Å². The smallest absolute Gasteiger partial charge is 0.0349 e. The molecule has 0 heterocycles. The molecule has 0 aliphatic heterocycles. The highest BCUT2D eigenvalue weighted by atomic mass is 14.4. The van der Waals surface area contributed by atoms with Gasteiger partial charge in [0.15, 0.2) is 0 Å². The van der Waals surface area contributed by atoms with Crippen LogP contribution in [-0.2, 0) is 0 Å². The standard InChI is InChI=1S/C7H11N/c1-4-5-6(2)7(3)8/h4-5,8H,2H2,1,3H3. The summed E-state index contributed by atoms with van der Waals surface area (Å²) < 4.78 is 0. The van der Waals surface area contributed by atoms with Gasteiger partial charge in [-0.2, -0.15) is 0 Å². The largest absolute Gasteiger partial charge is 0.305 e. The van der Waals surface area contributed by atoms with E-state index in [0.717, 1.165) is 5.57 Å². The minimum atomic E-state index is 0.531. The summed E-state index contributed by atoms with van der Waals surface area (Å²) in [7, 11) is 0. The average Bonchev–Trinajstić information content (AvgIpc) is 1.67. The van der Waals surface area contributed by atoms with Crippen LogP contribution in [0.1, 0.15) is 13.8 Å². The van der Waals surface area contributed by atoms with Crippen molar-refractivity contribution < 1.29 is 0 Å². The average molecular weight is 109 g/mol. The van der Waals surface area contributed by atoms with Crippen molar-refractivity contribution in [2.75, 3.05) is 0 Å². The molecule has 0 aromatic carbocycles. The molecular weight excluding hydrogens is 98.1 g/mol. The molecule has 0 rings (SSSR count). The summed E-state index contributed by atoms with van der Waals surface area (Å²) in [6.45, 7) is 7.27. The van der Waals surface area contributed by atoms with Gasteiger partial charge in [0, 0.05) is 5.71 Å². The Kier molecular flexibility index (Phi) is 2.85. The zero-order valence-corrected chi connectivity index (χ0v) is 5.36. The Balaban J connectivity index is 3.85. The Morgan fingerprint density at radius 1 is 1.62 bits per heavy atom. The first kappa shape index (κ1) is 7.15. The van der Waals surface area contributed by atoms with E-state index in [1.807, 2.05) is 19.1 Å². The zero-order chi connectivity index (χ0) is 6.57. The SMILES string of the molecule is C=C(C=CC)C(C)=N.